The van der Waals surface area contributed by atoms with Crippen molar-refractivity contribution in [1.29, 1.82) is 0 Å². The lowest BCUT2D eigenvalue weighted by Gasteiger charge is -2.16. The van der Waals surface area contributed by atoms with Crippen LogP contribution in [0.25, 0.3) is 0 Å². The fourth-order valence-corrected chi connectivity index (χ4v) is 2.86. The molecule has 0 radical (unpaired) electrons. The largest absolute Gasteiger partial charge is 0.378 e. The molecule has 1 saturated heterocycles. The molecule has 0 amide bonds. The molecule has 1 aromatic rings. The summed E-state index contributed by atoms with van der Waals surface area (Å²) >= 11 is 3.77. The van der Waals surface area contributed by atoms with Crippen molar-refractivity contribution >= 4 is 15.9 Å². The van der Waals surface area contributed by atoms with Crippen molar-refractivity contribution in [2.24, 2.45) is 0 Å². The minimum Gasteiger partial charge on any atom is -0.378 e. The lowest BCUT2D eigenvalue weighted by molar-refractivity contribution is 0.104. The van der Waals surface area contributed by atoms with E-state index in [1.807, 2.05) is 0 Å². The van der Waals surface area contributed by atoms with E-state index in [-0.39, 0.29) is 0 Å². The monoisotopic (exact) mass is 282 g/mol. The van der Waals surface area contributed by atoms with Gasteiger partial charge in [0.05, 0.1) is 6.10 Å². The van der Waals surface area contributed by atoms with E-state index in [2.05, 4.69) is 48.0 Å². The van der Waals surface area contributed by atoms with Gasteiger partial charge in [0.15, 0.2) is 0 Å². The van der Waals surface area contributed by atoms with E-state index < -0.39 is 0 Å². The van der Waals surface area contributed by atoms with E-state index in [4.69, 9.17) is 4.74 Å². The van der Waals surface area contributed by atoms with Gasteiger partial charge in [-0.25, -0.2) is 0 Å². The van der Waals surface area contributed by atoms with Crippen molar-refractivity contribution in [3.05, 3.63) is 34.9 Å². The predicted octanol–water partition coefficient (Wildman–Crippen LogP) is 4.31. The molecular formula is C14H19BrO. The van der Waals surface area contributed by atoms with Crippen LogP contribution in [0.2, 0.25) is 0 Å². The smallest absolute Gasteiger partial charge is 0.0589 e. The topological polar surface area (TPSA) is 9.23 Å². The van der Waals surface area contributed by atoms with Crippen LogP contribution in [0.4, 0.5) is 0 Å². The molecule has 0 bridgehead atoms. The molecule has 1 aromatic carbocycles. The van der Waals surface area contributed by atoms with E-state index >= 15 is 0 Å². The standard InChI is InChI=1S/C14H19BrO/c1-10-5-6-12(8-11(10)2)14(15)9-13-4-3-7-16-13/h5-6,8,13-14H,3-4,7,9H2,1-2H3. The van der Waals surface area contributed by atoms with E-state index in [1.54, 1.807) is 0 Å². The first-order valence-corrected chi connectivity index (χ1v) is 6.91. The number of hydrogen-bond donors (Lipinski definition) is 0. The van der Waals surface area contributed by atoms with Gasteiger partial charge in [-0.2, -0.15) is 0 Å². The van der Waals surface area contributed by atoms with Gasteiger partial charge < -0.3 is 4.74 Å². The second kappa shape index (κ2) is 5.33. The number of alkyl halides is 1. The Morgan fingerprint density at radius 1 is 1.38 bits per heavy atom. The molecule has 1 nitrogen and oxygen atoms in total. The number of rotatable bonds is 3. The molecule has 1 aliphatic rings. The summed E-state index contributed by atoms with van der Waals surface area (Å²) in [4.78, 5) is 0.426. The minimum atomic E-state index is 0.426. The highest BCUT2D eigenvalue weighted by Gasteiger charge is 2.20. The zero-order chi connectivity index (χ0) is 11.5. The number of hydrogen-bond acceptors (Lipinski definition) is 1. The van der Waals surface area contributed by atoms with Gasteiger partial charge in [0.25, 0.3) is 0 Å². The molecule has 88 valence electrons. The van der Waals surface area contributed by atoms with Crippen molar-refractivity contribution in [2.45, 2.75) is 44.0 Å². The molecule has 2 atom stereocenters. The van der Waals surface area contributed by atoms with Crippen molar-refractivity contribution < 1.29 is 4.74 Å². The molecular weight excluding hydrogens is 264 g/mol. The van der Waals surface area contributed by atoms with Gasteiger partial charge in [-0.1, -0.05) is 34.1 Å². The van der Waals surface area contributed by atoms with Crippen LogP contribution < -0.4 is 0 Å². The molecule has 2 rings (SSSR count). The Kier molecular flexibility index (Phi) is 4.04. The van der Waals surface area contributed by atoms with Crippen molar-refractivity contribution in [3.8, 4) is 0 Å². The summed E-state index contributed by atoms with van der Waals surface area (Å²) in [5.74, 6) is 0. The average Bonchev–Trinajstić information content (AvgIpc) is 2.74. The third-order valence-electron chi connectivity index (χ3n) is 3.39. The second-order valence-corrected chi connectivity index (χ2v) is 5.79. The summed E-state index contributed by atoms with van der Waals surface area (Å²) in [6.45, 7) is 5.27. The van der Waals surface area contributed by atoms with Gasteiger partial charge in [-0.3, -0.25) is 0 Å². The van der Waals surface area contributed by atoms with E-state index in [0.29, 0.717) is 10.9 Å². The highest BCUT2D eigenvalue weighted by Crippen LogP contribution is 2.32. The summed E-state index contributed by atoms with van der Waals surface area (Å²) in [5, 5.41) is 0. The molecule has 0 saturated carbocycles. The first kappa shape index (κ1) is 12.1. The molecule has 1 heterocycles. The first-order chi connectivity index (χ1) is 7.66. The van der Waals surface area contributed by atoms with Gasteiger partial charge in [0.2, 0.25) is 0 Å². The summed E-state index contributed by atoms with van der Waals surface area (Å²) in [6.07, 6.45) is 3.97. The van der Waals surface area contributed by atoms with Crippen LogP contribution in [-0.2, 0) is 4.74 Å². The molecule has 2 heteroatoms. The molecule has 0 N–H and O–H groups in total. The maximum absolute atomic E-state index is 5.67. The molecule has 1 aliphatic heterocycles. The van der Waals surface area contributed by atoms with E-state index in [9.17, 15) is 0 Å². The Morgan fingerprint density at radius 3 is 2.81 bits per heavy atom. The summed E-state index contributed by atoms with van der Waals surface area (Å²) < 4.78 is 5.67. The Hall–Kier alpha value is -0.340. The van der Waals surface area contributed by atoms with Crippen LogP contribution in [0, 0.1) is 13.8 Å². The van der Waals surface area contributed by atoms with Gasteiger partial charge in [-0.05, 0) is 49.8 Å². The number of halogens is 1. The summed E-state index contributed by atoms with van der Waals surface area (Å²) in [5.41, 5.74) is 4.11. The number of ether oxygens (including phenoxy) is 1. The van der Waals surface area contributed by atoms with Crippen LogP contribution in [0.5, 0.6) is 0 Å². The number of benzene rings is 1. The molecule has 0 aromatic heterocycles. The zero-order valence-corrected chi connectivity index (χ0v) is 11.6. The lowest BCUT2D eigenvalue weighted by Crippen LogP contribution is -2.08. The molecule has 16 heavy (non-hydrogen) atoms. The van der Waals surface area contributed by atoms with Crippen LogP contribution in [0.3, 0.4) is 0 Å². The first-order valence-electron chi connectivity index (χ1n) is 5.99. The van der Waals surface area contributed by atoms with Crippen LogP contribution in [0.1, 0.15) is 40.8 Å². The molecule has 1 fully saturated rings. The highest BCUT2D eigenvalue weighted by atomic mass is 79.9. The van der Waals surface area contributed by atoms with Gasteiger partial charge in [0, 0.05) is 11.4 Å². The van der Waals surface area contributed by atoms with Gasteiger partial charge in [-0.15, -0.1) is 0 Å². The normalized spacial score (nSPS) is 22.3. The van der Waals surface area contributed by atoms with Crippen molar-refractivity contribution in [3.63, 3.8) is 0 Å². The highest BCUT2D eigenvalue weighted by molar-refractivity contribution is 9.09. The Balaban J connectivity index is 2.02. The summed E-state index contributed by atoms with van der Waals surface area (Å²) in [6, 6.07) is 6.70. The zero-order valence-electron chi connectivity index (χ0n) is 10.0. The number of aryl methyl sites for hydroxylation is 2. The Bertz CT molecular complexity index is 356. The fraction of sp³-hybridized carbons (Fsp3) is 0.571. The minimum absolute atomic E-state index is 0.426. The molecule has 2 unspecified atom stereocenters. The quantitative estimate of drug-likeness (QED) is 0.751. The van der Waals surface area contributed by atoms with E-state index in [0.717, 1.165) is 13.0 Å². The lowest BCUT2D eigenvalue weighted by atomic mass is 10.0. The van der Waals surface area contributed by atoms with Crippen LogP contribution in [-0.4, -0.2) is 12.7 Å². The Labute approximate surface area is 106 Å². The van der Waals surface area contributed by atoms with Crippen LogP contribution in [0.15, 0.2) is 18.2 Å². The maximum atomic E-state index is 5.67. The van der Waals surface area contributed by atoms with Crippen molar-refractivity contribution in [2.75, 3.05) is 6.61 Å². The average molecular weight is 283 g/mol. The second-order valence-electron chi connectivity index (χ2n) is 4.68. The van der Waals surface area contributed by atoms with Crippen LogP contribution >= 0.6 is 15.9 Å². The predicted molar refractivity (Wildman–Crippen MR) is 71.2 cm³/mol. The Morgan fingerprint density at radius 2 is 2.19 bits per heavy atom. The maximum Gasteiger partial charge on any atom is 0.0589 e. The molecule has 0 spiro atoms. The van der Waals surface area contributed by atoms with E-state index in [1.165, 1.54) is 29.5 Å². The van der Waals surface area contributed by atoms with Crippen molar-refractivity contribution in [1.82, 2.24) is 0 Å². The molecule has 0 aliphatic carbocycles. The summed E-state index contributed by atoms with van der Waals surface area (Å²) in [7, 11) is 0. The third-order valence-corrected chi connectivity index (χ3v) is 4.29. The fourth-order valence-electron chi connectivity index (χ4n) is 2.16. The third kappa shape index (κ3) is 2.86. The SMILES string of the molecule is Cc1ccc(C(Br)CC2CCCO2)cc1C. The van der Waals surface area contributed by atoms with Gasteiger partial charge >= 0.3 is 0 Å². The van der Waals surface area contributed by atoms with Gasteiger partial charge in [0.1, 0.15) is 0 Å².